The molecule has 5 heteroatoms. The zero-order valence-electron chi connectivity index (χ0n) is 12.0. The summed E-state index contributed by atoms with van der Waals surface area (Å²) in [5.74, 6) is -0.561. The van der Waals surface area contributed by atoms with Gasteiger partial charge in [0.2, 0.25) is 0 Å². The van der Waals surface area contributed by atoms with Crippen LogP contribution in [0.4, 0.5) is 0 Å². The predicted molar refractivity (Wildman–Crippen MR) is 73.0 cm³/mol. The Morgan fingerprint density at radius 3 is 2.75 bits per heavy atom. The molecular weight excluding hydrogens is 256 g/mol. The van der Waals surface area contributed by atoms with Crippen molar-refractivity contribution in [3.05, 3.63) is 11.6 Å². The minimum absolute atomic E-state index is 0.0141. The Morgan fingerprint density at radius 2 is 2.00 bits per heavy atom. The van der Waals surface area contributed by atoms with Gasteiger partial charge in [-0.3, -0.25) is 4.79 Å². The van der Waals surface area contributed by atoms with Gasteiger partial charge >= 0.3 is 0 Å². The molecule has 2 atom stereocenters. The van der Waals surface area contributed by atoms with Crippen molar-refractivity contribution in [2.75, 3.05) is 13.2 Å². The van der Waals surface area contributed by atoms with Gasteiger partial charge in [-0.2, -0.15) is 5.10 Å². The molecule has 0 aromatic heterocycles. The van der Waals surface area contributed by atoms with E-state index < -0.39 is 11.2 Å². The van der Waals surface area contributed by atoms with Gasteiger partial charge in [0.05, 0.1) is 18.9 Å². The minimum Gasteiger partial charge on any atom is -0.347 e. The maximum atomic E-state index is 12.4. The zero-order valence-corrected chi connectivity index (χ0v) is 12.0. The summed E-state index contributed by atoms with van der Waals surface area (Å²) in [4.78, 5) is 12.4. The van der Waals surface area contributed by atoms with Crippen LogP contribution in [0.5, 0.6) is 0 Å². The average Bonchev–Trinajstić information content (AvgIpc) is 3.00. The molecule has 2 aliphatic heterocycles. The van der Waals surface area contributed by atoms with Crippen molar-refractivity contribution >= 4 is 11.6 Å². The van der Waals surface area contributed by atoms with Gasteiger partial charge in [0, 0.05) is 11.8 Å². The molecule has 1 saturated heterocycles. The van der Waals surface area contributed by atoms with Gasteiger partial charge in [-0.25, -0.2) is 5.43 Å². The first kappa shape index (κ1) is 12.5. The number of fused-ring (bicyclic) bond motifs is 4. The fourth-order valence-corrected chi connectivity index (χ4v) is 4.54. The molecule has 2 fully saturated rings. The Balaban J connectivity index is 1.87. The van der Waals surface area contributed by atoms with Crippen molar-refractivity contribution in [3.63, 3.8) is 0 Å². The quantitative estimate of drug-likeness (QED) is 0.686. The summed E-state index contributed by atoms with van der Waals surface area (Å²) in [6, 6.07) is 0. The number of amides is 1. The molecule has 1 spiro atoms. The molecule has 4 aliphatic rings. The number of ether oxygens (including phenoxy) is 2. The Labute approximate surface area is 118 Å². The summed E-state index contributed by atoms with van der Waals surface area (Å²) in [5.41, 5.74) is 3.90. The van der Waals surface area contributed by atoms with Crippen molar-refractivity contribution in [2.45, 2.75) is 45.3 Å². The maximum absolute atomic E-state index is 12.4. The van der Waals surface area contributed by atoms with E-state index in [1.807, 2.05) is 6.92 Å². The average molecular weight is 276 g/mol. The lowest BCUT2D eigenvalue weighted by molar-refractivity contribution is -0.234. The van der Waals surface area contributed by atoms with Crippen LogP contribution in [0.15, 0.2) is 16.8 Å². The number of nitrogens with zero attached hydrogens (tertiary/aromatic N) is 1. The molecule has 1 N–H and O–H groups in total. The molecule has 4 rings (SSSR count). The molecule has 5 nitrogen and oxygen atoms in total. The van der Waals surface area contributed by atoms with Crippen LogP contribution < -0.4 is 5.43 Å². The van der Waals surface area contributed by atoms with E-state index in [0.29, 0.717) is 13.2 Å². The Bertz CT molecular complexity index is 547. The SMILES string of the molecule is CC12C(=O)NN=C1CC[C@]1(C)C2=CCCC12OCCO2. The van der Waals surface area contributed by atoms with Crippen LogP contribution in [-0.4, -0.2) is 30.6 Å². The number of carbonyl (C=O) groups excluding carboxylic acids is 1. The monoisotopic (exact) mass is 276 g/mol. The lowest BCUT2D eigenvalue weighted by Crippen LogP contribution is -2.58. The highest BCUT2D eigenvalue weighted by Gasteiger charge is 2.64. The minimum atomic E-state index is -0.615. The van der Waals surface area contributed by atoms with Gasteiger partial charge in [-0.05, 0) is 31.8 Å². The summed E-state index contributed by atoms with van der Waals surface area (Å²) in [6.07, 6.45) is 5.72. The number of hydrazone groups is 1. The van der Waals surface area contributed by atoms with Crippen molar-refractivity contribution in [2.24, 2.45) is 15.9 Å². The first-order valence-electron chi connectivity index (χ1n) is 7.39. The highest BCUT2D eigenvalue weighted by atomic mass is 16.7. The number of rotatable bonds is 0. The van der Waals surface area contributed by atoms with Gasteiger partial charge in [-0.1, -0.05) is 13.0 Å². The van der Waals surface area contributed by atoms with E-state index in [1.54, 1.807) is 0 Å². The molecular formula is C15H20N2O3. The summed E-state index contributed by atoms with van der Waals surface area (Å²) in [7, 11) is 0. The molecule has 108 valence electrons. The lowest BCUT2D eigenvalue weighted by atomic mass is 9.53. The number of allylic oxidation sites excluding steroid dienone is 1. The molecule has 0 radical (unpaired) electrons. The fraction of sp³-hybridized carbons (Fsp3) is 0.733. The Hall–Kier alpha value is -1.20. The summed E-state index contributed by atoms with van der Waals surface area (Å²) in [6.45, 7) is 5.47. The highest BCUT2D eigenvalue weighted by molar-refractivity contribution is 6.15. The van der Waals surface area contributed by atoms with E-state index in [4.69, 9.17) is 9.47 Å². The third-order valence-corrected chi connectivity index (χ3v) is 5.74. The molecule has 0 aromatic rings. The van der Waals surface area contributed by atoms with Gasteiger partial charge < -0.3 is 9.47 Å². The summed E-state index contributed by atoms with van der Waals surface area (Å²) >= 11 is 0. The molecule has 0 aromatic carbocycles. The second kappa shape index (κ2) is 3.71. The van der Waals surface area contributed by atoms with E-state index in [9.17, 15) is 4.79 Å². The van der Waals surface area contributed by atoms with Crippen molar-refractivity contribution < 1.29 is 14.3 Å². The summed E-state index contributed by atoms with van der Waals surface area (Å²) < 4.78 is 12.1. The van der Waals surface area contributed by atoms with Crippen LogP contribution in [0, 0.1) is 10.8 Å². The zero-order chi connectivity index (χ0) is 14.0. The van der Waals surface area contributed by atoms with Gasteiger partial charge in [0.25, 0.3) is 5.91 Å². The molecule has 2 heterocycles. The largest absolute Gasteiger partial charge is 0.347 e. The van der Waals surface area contributed by atoms with E-state index in [-0.39, 0.29) is 11.3 Å². The lowest BCUT2D eigenvalue weighted by Gasteiger charge is -2.54. The van der Waals surface area contributed by atoms with Crippen molar-refractivity contribution in [3.8, 4) is 0 Å². The maximum Gasteiger partial charge on any atom is 0.255 e. The van der Waals surface area contributed by atoms with E-state index >= 15 is 0 Å². The molecule has 1 unspecified atom stereocenters. The van der Waals surface area contributed by atoms with Gasteiger partial charge in [0.15, 0.2) is 5.79 Å². The van der Waals surface area contributed by atoms with Crippen LogP contribution in [0.25, 0.3) is 0 Å². The second-order valence-corrected chi connectivity index (χ2v) is 6.56. The smallest absolute Gasteiger partial charge is 0.255 e. The molecule has 2 aliphatic carbocycles. The third-order valence-electron chi connectivity index (χ3n) is 5.74. The highest BCUT2D eigenvalue weighted by Crippen LogP contribution is 2.61. The number of nitrogens with one attached hydrogen (secondary N) is 1. The van der Waals surface area contributed by atoms with Crippen LogP contribution in [0.1, 0.15) is 39.5 Å². The van der Waals surface area contributed by atoms with E-state index in [2.05, 4.69) is 23.5 Å². The number of hydrogen-bond acceptors (Lipinski definition) is 4. The Morgan fingerprint density at radius 1 is 1.25 bits per heavy atom. The topological polar surface area (TPSA) is 59.9 Å². The Kier molecular flexibility index (Phi) is 2.32. The van der Waals surface area contributed by atoms with Crippen molar-refractivity contribution in [1.29, 1.82) is 0 Å². The molecule has 1 saturated carbocycles. The molecule has 0 bridgehead atoms. The van der Waals surface area contributed by atoms with Gasteiger partial charge in [0.1, 0.15) is 5.41 Å². The van der Waals surface area contributed by atoms with Gasteiger partial charge in [-0.15, -0.1) is 0 Å². The predicted octanol–water partition coefficient (Wildman–Crippen LogP) is 1.74. The van der Waals surface area contributed by atoms with Crippen molar-refractivity contribution in [1.82, 2.24) is 5.43 Å². The second-order valence-electron chi connectivity index (χ2n) is 6.56. The third kappa shape index (κ3) is 1.21. The number of hydrogen-bond donors (Lipinski definition) is 1. The fourth-order valence-electron chi connectivity index (χ4n) is 4.54. The standard InChI is InChI=1S/C15H20N2O3/c1-13-7-5-11-14(2,12(18)17-16-11)10(13)4-3-6-15(13)19-8-9-20-15/h4H,3,5-9H2,1-2H3,(H,17,18)/t13-,14?/m1/s1. The number of carbonyl (C=O) groups is 1. The normalized spacial score (nSPS) is 41.8. The van der Waals surface area contributed by atoms with Crippen LogP contribution in [0.3, 0.4) is 0 Å². The van der Waals surface area contributed by atoms with E-state index in [0.717, 1.165) is 37.0 Å². The van der Waals surface area contributed by atoms with Crippen LogP contribution >= 0.6 is 0 Å². The molecule has 20 heavy (non-hydrogen) atoms. The summed E-state index contributed by atoms with van der Waals surface area (Å²) in [5, 5.41) is 4.24. The first-order valence-corrected chi connectivity index (χ1v) is 7.39. The van der Waals surface area contributed by atoms with E-state index in [1.165, 1.54) is 0 Å². The van der Waals surface area contributed by atoms with Crippen LogP contribution in [0.2, 0.25) is 0 Å². The molecule has 1 amide bonds. The van der Waals surface area contributed by atoms with Crippen LogP contribution in [-0.2, 0) is 14.3 Å². The first-order chi connectivity index (χ1) is 9.53.